The lowest BCUT2D eigenvalue weighted by Gasteiger charge is -2.11. The van der Waals surface area contributed by atoms with Crippen LogP contribution in [0.3, 0.4) is 0 Å². The molecule has 0 saturated heterocycles. The Bertz CT molecular complexity index is 330. The monoisotopic (exact) mass is 237 g/mol. The fourth-order valence-corrected chi connectivity index (χ4v) is 1.51. The molecule has 0 spiro atoms. The molecular weight excluding hydrogens is 218 g/mol. The summed E-state index contributed by atoms with van der Waals surface area (Å²) < 4.78 is 0. The number of nitrogens with two attached hydrogens (primary N) is 1. The van der Waals surface area contributed by atoms with Gasteiger partial charge in [-0.1, -0.05) is 6.07 Å². The summed E-state index contributed by atoms with van der Waals surface area (Å²) in [4.78, 5) is 14.5. The van der Waals surface area contributed by atoms with Gasteiger partial charge in [-0.15, -0.1) is 0 Å². The van der Waals surface area contributed by atoms with Crippen LogP contribution in [0, 0.1) is 0 Å². The average Bonchev–Trinajstić information content (AvgIpc) is 2.30. The molecule has 5 heteroatoms. The summed E-state index contributed by atoms with van der Waals surface area (Å²) in [6.45, 7) is 1.36. The van der Waals surface area contributed by atoms with Crippen LogP contribution in [0.1, 0.15) is 25.0 Å². The standard InChI is InChI=1S/C12H19N3O2/c13-10(4-3-6-12(16)17)8-14-9-11-5-1-2-7-15-11/h1-2,5,7,10,14H,3-4,6,8-9,13H2,(H,16,17). The normalized spacial score (nSPS) is 12.3. The van der Waals surface area contributed by atoms with E-state index in [-0.39, 0.29) is 12.5 Å². The number of carboxylic acid groups (broad SMARTS) is 1. The second kappa shape index (κ2) is 7.76. The van der Waals surface area contributed by atoms with Crippen LogP contribution < -0.4 is 11.1 Å². The van der Waals surface area contributed by atoms with E-state index in [4.69, 9.17) is 10.8 Å². The molecule has 1 atom stereocenters. The largest absolute Gasteiger partial charge is 0.481 e. The van der Waals surface area contributed by atoms with E-state index in [1.54, 1.807) is 6.20 Å². The zero-order valence-corrected chi connectivity index (χ0v) is 9.80. The number of pyridine rings is 1. The molecule has 0 aliphatic heterocycles. The molecule has 1 aromatic heterocycles. The van der Waals surface area contributed by atoms with Gasteiger partial charge in [0.2, 0.25) is 0 Å². The van der Waals surface area contributed by atoms with Gasteiger partial charge >= 0.3 is 5.97 Å². The van der Waals surface area contributed by atoms with E-state index in [0.29, 0.717) is 19.5 Å². The van der Waals surface area contributed by atoms with Crippen LogP contribution in [0.25, 0.3) is 0 Å². The summed E-state index contributed by atoms with van der Waals surface area (Å²) in [7, 11) is 0. The number of carbonyl (C=O) groups is 1. The number of hydrogen-bond donors (Lipinski definition) is 3. The predicted octanol–water partition coefficient (Wildman–Crippen LogP) is 0.753. The summed E-state index contributed by atoms with van der Waals surface area (Å²) in [5.74, 6) is -0.765. The highest BCUT2D eigenvalue weighted by molar-refractivity contribution is 5.66. The number of aliphatic carboxylic acids is 1. The molecule has 1 aromatic rings. The molecule has 0 aromatic carbocycles. The summed E-state index contributed by atoms with van der Waals surface area (Å²) in [5, 5.41) is 11.7. The smallest absolute Gasteiger partial charge is 0.303 e. The van der Waals surface area contributed by atoms with Gasteiger partial charge in [0.05, 0.1) is 5.69 Å². The predicted molar refractivity (Wildman–Crippen MR) is 65.4 cm³/mol. The molecule has 0 amide bonds. The van der Waals surface area contributed by atoms with Gasteiger partial charge in [-0.3, -0.25) is 9.78 Å². The molecule has 0 radical (unpaired) electrons. The van der Waals surface area contributed by atoms with Crippen LogP contribution in [0.5, 0.6) is 0 Å². The van der Waals surface area contributed by atoms with Crippen molar-refractivity contribution < 1.29 is 9.90 Å². The highest BCUT2D eigenvalue weighted by atomic mass is 16.4. The first-order valence-corrected chi connectivity index (χ1v) is 5.76. The van der Waals surface area contributed by atoms with Crippen molar-refractivity contribution in [3.63, 3.8) is 0 Å². The molecule has 0 fully saturated rings. The molecule has 1 unspecified atom stereocenters. The SMILES string of the molecule is NC(CCCC(=O)O)CNCc1ccccn1. The number of aromatic nitrogens is 1. The number of nitrogens with one attached hydrogen (secondary N) is 1. The maximum absolute atomic E-state index is 10.3. The molecule has 0 aliphatic rings. The Balaban J connectivity index is 2.08. The lowest BCUT2D eigenvalue weighted by atomic mass is 10.1. The average molecular weight is 237 g/mol. The quantitative estimate of drug-likeness (QED) is 0.621. The third-order valence-electron chi connectivity index (χ3n) is 2.40. The first kappa shape index (κ1) is 13.6. The van der Waals surface area contributed by atoms with Gasteiger partial charge in [-0.25, -0.2) is 0 Å². The van der Waals surface area contributed by atoms with Gasteiger partial charge in [-0.05, 0) is 25.0 Å². The van der Waals surface area contributed by atoms with Crippen molar-refractivity contribution in [1.82, 2.24) is 10.3 Å². The van der Waals surface area contributed by atoms with Crippen molar-refractivity contribution in [3.05, 3.63) is 30.1 Å². The maximum Gasteiger partial charge on any atom is 0.303 e. The summed E-state index contributed by atoms with van der Waals surface area (Å²) in [5.41, 5.74) is 6.83. The van der Waals surface area contributed by atoms with Crippen molar-refractivity contribution in [2.24, 2.45) is 5.73 Å². The fourth-order valence-electron chi connectivity index (χ4n) is 1.51. The molecule has 0 aliphatic carbocycles. The highest BCUT2D eigenvalue weighted by Gasteiger charge is 2.04. The van der Waals surface area contributed by atoms with Crippen molar-refractivity contribution in [3.8, 4) is 0 Å². The second-order valence-corrected chi connectivity index (χ2v) is 4.00. The van der Waals surface area contributed by atoms with Gasteiger partial charge in [-0.2, -0.15) is 0 Å². The lowest BCUT2D eigenvalue weighted by molar-refractivity contribution is -0.137. The second-order valence-electron chi connectivity index (χ2n) is 4.00. The highest BCUT2D eigenvalue weighted by Crippen LogP contribution is 1.99. The first-order chi connectivity index (χ1) is 8.18. The number of rotatable bonds is 8. The van der Waals surface area contributed by atoms with Gasteiger partial charge in [0, 0.05) is 31.7 Å². The van der Waals surface area contributed by atoms with Crippen LogP contribution >= 0.6 is 0 Å². The minimum Gasteiger partial charge on any atom is -0.481 e. The van der Waals surface area contributed by atoms with Crippen molar-refractivity contribution in [2.75, 3.05) is 6.54 Å². The zero-order chi connectivity index (χ0) is 12.5. The molecule has 0 saturated carbocycles. The third kappa shape index (κ3) is 6.65. The molecule has 5 nitrogen and oxygen atoms in total. The topological polar surface area (TPSA) is 88.2 Å². The van der Waals surface area contributed by atoms with Crippen LogP contribution in [-0.2, 0) is 11.3 Å². The Labute approximate surface area is 101 Å². The minimum atomic E-state index is -0.765. The van der Waals surface area contributed by atoms with Crippen molar-refractivity contribution in [1.29, 1.82) is 0 Å². The Morgan fingerprint density at radius 2 is 2.35 bits per heavy atom. The van der Waals surface area contributed by atoms with E-state index in [1.165, 1.54) is 0 Å². The molecule has 94 valence electrons. The van der Waals surface area contributed by atoms with E-state index in [9.17, 15) is 4.79 Å². The van der Waals surface area contributed by atoms with Crippen molar-refractivity contribution in [2.45, 2.75) is 31.8 Å². The van der Waals surface area contributed by atoms with E-state index in [2.05, 4.69) is 10.3 Å². The molecule has 4 N–H and O–H groups in total. The van der Waals surface area contributed by atoms with Gasteiger partial charge in [0.25, 0.3) is 0 Å². The summed E-state index contributed by atoms with van der Waals surface area (Å²) in [6.07, 6.45) is 3.29. The summed E-state index contributed by atoms with van der Waals surface area (Å²) in [6, 6.07) is 5.76. The lowest BCUT2D eigenvalue weighted by Crippen LogP contribution is -2.33. The number of nitrogens with zero attached hydrogens (tertiary/aromatic N) is 1. The summed E-state index contributed by atoms with van der Waals surface area (Å²) >= 11 is 0. The zero-order valence-electron chi connectivity index (χ0n) is 9.80. The van der Waals surface area contributed by atoms with E-state index in [0.717, 1.165) is 12.1 Å². The van der Waals surface area contributed by atoms with E-state index >= 15 is 0 Å². The van der Waals surface area contributed by atoms with Crippen LogP contribution in [0.2, 0.25) is 0 Å². The van der Waals surface area contributed by atoms with Gasteiger partial charge in [0.15, 0.2) is 0 Å². The maximum atomic E-state index is 10.3. The first-order valence-electron chi connectivity index (χ1n) is 5.76. The van der Waals surface area contributed by atoms with Crippen LogP contribution in [0.4, 0.5) is 0 Å². The van der Waals surface area contributed by atoms with E-state index < -0.39 is 5.97 Å². The Kier molecular flexibility index (Phi) is 6.21. The van der Waals surface area contributed by atoms with Gasteiger partial charge < -0.3 is 16.2 Å². The molecule has 17 heavy (non-hydrogen) atoms. The van der Waals surface area contributed by atoms with Crippen LogP contribution in [0.15, 0.2) is 24.4 Å². The fraction of sp³-hybridized carbons (Fsp3) is 0.500. The third-order valence-corrected chi connectivity index (χ3v) is 2.40. The molecular formula is C12H19N3O2. The molecule has 0 bridgehead atoms. The Morgan fingerprint density at radius 3 is 3.00 bits per heavy atom. The number of hydrogen-bond acceptors (Lipinski definition) is 4. The van der Waals surface area contributed by atoms with E-state index in [1.807, 2.05) is 18.2 Å². The van der Waals surface area contributed by atoms with Gasteiger partial charge in [0.1, 0.15) is 0 Å². The molecule has 1 rings (SSSR count). The Morgan fingerprint density at radius 1 is 1.53 bits per heavy atom. The van der Waals surface area contributed by atoms with Crippen LogP contribution in [-0.4, -0.2) is 28.6 Å². The minimum absolute atomic E-state index is 0.00179. The molecule has 1 heterocycles. The van der Waals surface area contributed by atoms with Crippen molar-refractivity contribution >= 4 is 5.97 Å². The Hall–Kier alpha value is -1.46. The number of carboxylic acids is 1.